The Bertz CT molecular complexity index is 537. The third-order valence-electron chi connectivity index (χ3n) is 2.34. The Morgan fingerprint density at radius 1 is 1.39 bits per heavy atom. The minimum Gasteiger partial charge on any atom is -0.465 e. The Hall–Kier alpha value is -1.56. The molecule has 0 amide bonds. The molecule has 0 aromatic heterocycles. The van der Waals surface area contributed by atoms with Crippen LogP contribution in [0.15, 0.2) is 18.2 Å². The Morgan fingerprint density at radius 2 is 2.06 bits per heavy atom. The molecule has 1 rings (SSSR count). The molecule has 0 aliphatic heterocycles. The molecule has 0 fully saturated rings. The second kappa shape index (κ2) is 5.86. The highest BCUT2D eigenvalue weighted by Crippen LogP contribution is 2.19. The van der Waals surface area contributed by atoms with E-state index >= 15 is 0 Å². The lowest BCUT2D eigenvalue weighted by molar-refractivity contribution is 0.0599. The summed E-state index contributed by atoms with van der Waals surface area (Å²) in [7, 11) is -2.05. The van der Waals surface area contributed by atoms with Gasteiger partial charge in [0.25, 0.3) is 0 Å². The fourth-order valence-electron chi connectivity index (χ4n) is 1.64. The van der Waals surface area contributed by atoms with E-state index in [-0.39, 0.29) is 0 Å². The highest BCUT2D eigenvalue weighted by atomic mass is 32.2. The Labute approximate surface area is 107 Å². The summed E-state index contributed by atoms with van der Waals surface area (Å²) in [6.45, 7) is 2.00. The van der Waals surface area contributed by atoms with Crippen molar-refractivity contribution in [3.05, 3.63) is 29.3 Å². The van der Waals surface area contributed by atoms with Crippen LogP contribution in [0, 0.1) is 0 Å². The number of carbonyl (C=O) groups is 1. The molecule has 18 heavy (non-hydrogen) atoms. The molecule has 0 aliphatic rings. The van der Waals surface area contributed by atoms with Gasteiger partial charge in [0.05, 0.1) is 18.9 Å². The van der Waals surface area contributed by atoms with Gasteiger partial charge in [-0.3, -0.25) is 4.72 Å². The molecule has 0 radical (unpaired) electrons. The summed E-state index contributed by atoms with van der Waals surface area (Å²) >= 11 is 0. The van der Waals surface area contributed by atoms with E-state index in [2.05, 4.69) is 4.72 Å². The SMILES string of the molecule is CCCc1ccc(NS(C)(=O)=O)cc1C(=O)OC. The van der Waals surface area contributed by atoms with Crippen LogP contribution in [0.5, 0.6) is 0 Å². The predicted molar refractivity (Wildman–Crippen MR) is 70.2 cm³/mol. The van der Waals surface area contributed by atoms with Gasteiger partial charge in [0, 0.05) is 5.69 Å². The summed E-state index contributed by atoms with van der Waals surface area (Å²) in [5.41, 5.74) is 1.61. The topological polar surface area (TPSA) is 72.5 Å². The van der Waals surface area contributed by atoms with Gasteiger partial charge in [0.15, 0.2) is 0 Å². The van der Waals surface area contributed by atoms with Crippen molar-refractivity contribution in [2.45, 2.75) is 19.8 Å². The molecule has 1 aromatic rings. The summed E-state index contributed by atoms with van der Waals surface area (Å²) in [4.78, 5) is 11.6. The molecule has 1 N–H and O–H groups in total. The van der Waals surface area contributed by atoms with Crippen LogP contribution in [0.25, 0.3) is 0 Å². The number of rotatable bonds is 5. The third-order valence-corrected chi connectivity index (χ3v) is 2.94. The van der Waals surface area contributed by atoms with E-state index in [0.29, 0.717) is 11.3 Å². The second-order valence-corrected chi connectivity index (χ2v) is 5.74. The maximum absolute atomic E-state index is 11.6. The Balaban J connectivity index is 3.16. The van der Waals surface area contributed by atoms with Crippen molar-refractivity contribution in [3.8, 4) is 0 Å². The van der Waals surface area contributed by atoms with Gasteiger partial charge in [0.2, 0.25) is 10.0 Å². The van der Waals surface area contributed by atoms with Crippen LogP contribution in [-0.2, 0) is 21.2 Å². The number of hydrogen-bond donors (Lipinski definition) is 1. The van der Waals surface area contributed by atoms with E-state index in [0.717, 1.165) is 24.7 Å². The largest absolute Gasteiger partial charge is 0.465 e. The molecule has 100 valence electrons. The van der Waals surface area contributed by atoms with E-state index in [4.69, 9.17) is 4.74 Å². The monoisotopic (exact) mass is 271 g/mol. The van der Waals surface area contributed by atoms with Crippen LogP contribution in [0.4, 0.5) is 5.69 Å². The van der Waals surface area contributed by atoms with Crippen molar-refractivity contribution in [1.82, 2.24) is 0 Å². The zero-order valence-electron chi connectivity index (χ0n) is 10.7. The number of anilines is 1. The van der Waals surface area contributed by atoms with Crippen LogP contribution >= 0.6 is 0 Å². The highest BCUT2D eigenvalue weighted by Gasteiger charge is 2.13. The summed E-state index contributed by atoms with van der Waals surface area (Å²) in [6, 6.07) is 4.87. The first kappa shape index (κ1) is 14.5. The number of carbonyl (C=O) groups excluding carboxylic acids is 1. The normalized spacial score (nSPS) is 11.1. The molecular weight excluding hydrogens is 254 g/mol. The number of ether oxygens (including phenoxy) is 1. The van der Waals surface area contributed by atoms with Crippen molar-refractivity contribution in [1.29, 1.82) is 0 Å². The zero-order valence-corrected chi connectivity index (χ0v) is 11.5. The number of benzene rings is 1. The molecule has 0 atom stereocenters. The van der Waals surface area contributed by atoms with Gasteiger partial charge in [0.1, 0.15) is 0 Å². The summed E-state index contributed by atoms with van der Waals surface area (Å²) in [5.74, 6) is -0.462. The number of methoxy groups -OCH3 is 1. The van der Waals surface area contributed by atoms with Gasteiger partial charge >= 0.3 is 5.97 Å². The van der Waals surface area contributed by atoms with Crippen molar-refractivity contribution < 1.29 is 17.9 Å². The first-order valence-electron chi connectivity index (χ1n) is 5.56. The molecule has 0 saturated heterocycles. The van der Waals surface area contributed by atoms with E-state index in [1.165, 1.54) is 13.2 Å². The first-order valence-corrected chi connectivity index (χ1v) is 7.45. The number of aryl methyl sites for hydroxylation is 1. The van der Waals surface area contributed by atoms with E-state index in [9.17, 15) is 13.2 Å². The molecule has 0 spiro atoms. The average molecular weight is 271 g/mol. The molecule has 5 nitrogen and oxygen atoms in total. The average Bonchev–Trinajstić information content (AvgIpc) is 2.28. The van der Waals surface area contributed by atoms with E-state index < -0.39 is 16.0 Å². The maximum atomic E-state index is 11.6. The standard InChI is InChI=1S/C12H17NO4S/c1-4-5-9-6-7-10(13-18(3,15)16)8-11(9)12(14)17-2/h6-8,13H,4-5H2,1-3H3. The van der Waals surface area contributed by atoms with Gasteiger partial charge in [-0.15, -0.1) is 0 Å². The molecule has 6 heteroatoms. The predicted octanol–water partition coefficient (Wildman–Crippen LogP) is 1.80. The molecular formula is C12H17NO4S. The summed E-state index contributed by atoms with van der Waals surface area (Å²) in [5, 5.41) is 0. The second-order valence-electron chi connectivity index (χ2n) is 3.99. The molecule has 0 saturated carbocycles. The third kappa shape index (κ3) is 4.03. The number of hydrogen-bond acceptors (Lipinski definition) is 4. The lowest BCUT2D eigenvalue weighted by atomic mass is 10.0. The van der Waals surface area contributed by atoms with Gasteiger partial charge in [-0.1, -0.05) is 19.4 Å². The van der Waals surface area contributed by atoms with Gasteiger partial charge in [-0.2, -0.15) is 0 Å². The van der Waals surface area contributed by atoms with Gasteiger partial charge in [-0.05, 0) is 24.1 Å². The minimum atomic E-state index is -3.35. The van der Waals surface area contributed by atoms with E-state index in [1.807, 2.05) is 6.92 Å². The molecule has 0 unspecified atom stereocenters. The summed E-state index contributed by atoms with van der Waals surface area (Å²) in [6.07, 6.45) is 2.69. The molecule has 0 bridgehead atoms. The van der Waals surface area contributed by atoms with Crippen molar-refractivity contribution in [2.75, 3.05) is 18.1 Å². The van der Waals surface area contributed by atoms with Gasteiger partial charge < -0.3 is 4.74 Å². The fraction of sp³-hybridized carbons (Fsp3) is 0.417. The Kier molecular flexibility index (Phi) is 4.72. The minimum absolute atomic E-state index is 0.359. The fourth-order valence-corrected chi connectivity index (χ4v) is 2.20. The number of nitrogens with one attached hydrogen (secondary N) is 1. The molecule has 0 heterocycles. The lowest BCUT2D eigenvalue weighted by Crippen LogP contribution is -2.12. The molecule has 0 aliphatic carbocycles. The lowest BCUT2D eigenvalue weighted by Gasteiger charge is -2.10. The van der Waals surface area contributed by atoms with Crippen LogP contribution in [0.3, 0.4) is 0 Å². The van der Waals surface area contributed by atoms with E-state index in [1.54, 1.807) is 12.1 Å². The van der Waals surface area contributed by atoms with Gasteiger partial charge in [-0.25, -0.2) is 13.2 Å². The number of sulfonamides is 1. The van der Waals surface area contributed by atoms with Crippen LogP contribution in [-0.4, -0.2) is 27.8 Å². The highest BCUT2D eigenvalue weighted by molar-refractivity contribution is 7.92. The van der Waals surface area contributed by atoms with Crippen LogP contribution < -0.4 is 4.72 Å². The van der Waals surface area contributed by atoms with Crippen molar-refractivity contribution in [3.63, 3.8) is 0 Å². The zero-order chi connectivity index (χ0) is 13.8. The molecule has 1 aromatic carbocycles. The quantitative estimate of drug-likeness (QED) is 0.829. The first-order chi connectivity index (χ1) is 8.37. The Morgan fingerprint density at radius 3 is 2.56 bits per heavy atom. The van der Waals surface area contributed by atoms with Crippen molar-refractivity contribution >= 4 is 21.7 Å². The van der Waals surface area contributed by atoms with Crippen LogP contribution in [0.1, 0.15) is 29.3 Å². The van der Waals surface area contributed by atoms with Crippen LogP contribution in [0.2, 0.25) is 0 Å². The smallest absolute Gasteiger partial charge is 0.338 e. The number of esters is 1. The maximum Gasteiger partial charge on any atom is 0.338 e. The summed E-state index contributed by atoms with van der Waals surface area (Å²) < 4.78 is 29.3. The van der Waals surface area contributed by atoms with Crippen molar-refractivity contribution in [2.24, 2.45) is 0 Å².